The van der Waals surface area contributed by atoms with E-state index in [1.807, 2.05) is 0 Å². The van der Waals surface area contributed by atoms with E-state index in [1.54, 1.807) is 22.7 Å². The molecule has 5 heteroatoms. The second-order valence-electron chi connectivity index (χ2n) is 4.95. The van der Waals surface area contributed by atoms with Crippen molar-refractivity contribution >= 4 is 38.6 Å². The Morgan fingerprint density at radius 3 is 2.79 bits per heavy atom. The summed E-state index contributed by atoms with van der Waals surface area (Å²) >= 11 is 7.12. The SMILES string of the molecule is NCC(c1cc(Br)cs1)N(Cc1ccsc1)C1CC1. The van der Waals surface area contributed by atoms with Gasteiger partial charge in [-0.25, -0.2) is 0 Å². The Bertz CT molecular complexity index is 519. The Morgan fingerprint density at radius 2 is 2.26 bits per heavy atom. The van der Waals surface area contributed by atoms with E-state index < -0.39 is 0 Å². The molecule has 1 unspecified atom stereocenters. The smallest absolute Gasteiger partial charge is 0.0570 e. The molecule has 1 fully saturated rings. The van der Waals surface area contributed by atoms with Crippen LogP contribution in [0, 0.1) is 0 Å². The lowest BCUT2D eigenvalue weighted by atomic mass is 10.1. The summed E-state index contributed by atoms with van der Waals surface area (Å²) in [5.74, 6) is 0. The fourth-order valence-electron chi connectivity index (χ4n) is 2.41. The third-order valence-corrected chi connectivity index (χ3v) is 6.03. The number of halogens is 1. The summed E-state index contributed by atoms with van der Waals surface area (Å²) in [5, 5.41) is 6.54. The first-order valence-electron chi connectivity index (χ1n) is 6.48. The van der Waals surface area contributed by atoms with Gasteiger partial charge in [0.15, 0.2) is 0 Å². The molecule has 2 aromatic rings. The second-order valence-corrected chi connectivity index (χ2v) is 7.59. The van der Waals surface area contributed by atoms with Gasteiger partial charge >= 0.3 is 0 Å². The van der Waals surface area contributed by atoms with Crippen molar-refractivity contribution in [3.05, 3.63) is 43.2 Å². The lowest BCUT2D eigenvalue weighted by Crippen LogP contribution is -2.34. The highest BCUT2D eigenvalue weighted by molar-refractivity contribution is 9.10. The van der Waals surface area contributed by atoms with Crippen molar-refractivity contribution in [1.82, 2.24) is 4.90 Å². The Hall–Kier alpha value is -0.200. The minimum atomic E-state index is 0.351. The maximum absolute atomic E-state index is 6.06. The van der Waals surface area contributed by atoms with E-state index in [4.69, 9.17) is 5.73 Å². The molecule has 1 saturated carbocycles. The minimum Gasteiger partial charge on any atom is -0.329 e. The number of rotatable bonds is 6. The average molecular weight is 357 g/mol. The van der Waals surface area contributed by atoms with E-state index in [2.05, 4.69) is 49.1 Å². The molecule has 1 aliphatic carbocycles. The van der Waals surface area contributed by atoms with Crippen molar-refractivity contribution in [1.29, 1.82) is 0 Å². The van der Waals surface area contributed by atoms with Crippen LogP contribution in [0.3, 0.4) is 0 Å². The molecule has 2 N–H and O–H groups in total. The maximum atomic E-state index is 6.06. The molecule has 3 rings (SSSR count). The highest BCUT2D eigenvalue weighted by Gasteiger charge is 2.34. The molecule has 1 atom stereocenters. The number of thiophene rings is 2. The summed E-state index contributed by atoms with van der Waals surface area (Å²) < 4.78 is 1.16. The molecule has 0 aromatic carbocycles. The zero-order valence-corrected chi connectivity index (χ0v) is 13.8. The molecule has 0 aliphatic heterocycles. The van der Waals surface area contributed by atoms with Crippen LogP contribution in [-0.2, 0) is 6.54 Å². The second kappa shape index (κ2) is 6.06. The maximum Gasteiger partial charge on any atom is 0.0570 e. The zero-order valence-electron chi connectivity index (χ0n) is 10.6. The van der Waals surface area contributed by atoms with Crippen LogP contribution in [0.2, 0.25) is 0 Å². The Morgan fingerprint density at radius 1 is 1.42 bits per heavy atom. The first kappa shape index (κ1) is 13.8. The van der Waals surface area contributed by atoms with Crippen molar-refractivity contribution in [3.8, 4) is 0 Å². The van der Waals surface area contributed by atoms with Gasteiger partial charge in [0, 0.05) is 33.9 Å². The lowest BCUT2D eigenvalue weighted by molar-refractivity contribution is 0.185. The summed E-state index contributed by atoms with van der Waals surface area (Å²) in [5.41, 5.74) is 7.47. The molecule has 2 aromatic heterocycles. The van der Waals surface area contributed by atoms with E-state index >= 15 is 0 Å². The van der Waals surface area contributed by atoms with Crippen LogP contribution in [0.5, 0.6) is 0 Å². The fourth-order valence-corrected chi connectivity index (χ4v) is 4.65. The van der Waals surface area contributed by atoms with Crippen LogP contribution in [-0.4, -0.2) is 17.5 Å². The molecule has 1 aliphatic rings. The largest absolute Gasteiger partial charge is 0.329 e. The summed E-state index contributed by atoms with van der Waals surface area (Å²) in [7, 11) is 0. The van der Waals surface area contributed by atoms with Crippen molar-refractivity contribution < 1.29 is 0 Å². The van der Waals surface area contributed by atoms with Gasteiger partial charge in [0.25, 0.3) is 0 Å². The van der Waals surface area contributed by atoms with Gasteiger partial charge in [-0.3, -0.25) is 4.90 Å². The van der Waals surface area contributed by atoms with Crippen LogP contribution in [0.15, 0.2) is 32.7 Å². The number of hydrogen-bond donors (Lipinski definition) is 1. The molecule has 2 nitrogen and oxygen atoms in total. The first-order valence-corrected chi connectivity index (χ1v) is 9.10. The van der Waals surface area contributed by atoms with Crippen molar-refractivity contribution in [2.45, 2.75) is 31.5 Å². The van der Waals surface area contributed by atoms with E-state index in [9.17, 15) is 0 Å². The van der Waals surface area contributed by atoms with Crippen LogP contribution >= 0.6 is 38.6 Å². The standard InChI is InChI=1S/C14H17BrN2S2/c15-11-5-14(19-9-11)13(6-16)17(12-1-2-12)7-10-3-4-18-8-10/h3-5,8-9,12-13H,1-2,6-7,16H2. The van der Waals surface area contributed by atoms with Gasteiger partial charge in [0.2, 0.25) is 0 Å². The molecule has 0 spiro atoms. The average Bonchev–Trinajstić information content (AvgIpc) is 2.95. The summed E-state index contributed by atoms with van der Waals surface area (Å²) in [6.07, 6.45) is 2.63. The third kappa shape index (κ3) is 3.28. The molecule has 0 saturated heterocycles. The first-order chi connectivity index (χ1) is 9.28. The minimum absolute atomic E-state index is 0.351. The van der Waals surface area contributed by atoms with E-state index in [-0.39, 0.29) is 0 Å². The monoisotopic (exact) mass is 356 g/mol. The Kier molecular flexibility index (Phi) is 4.39. The van der Waals surface area contributed by atoms with Gasteiger partial charge in [-0.1, -0.05) is 0 Å². The van der Waals surface area contributed by atoms with Gasteiger partial charge in [-0.15, -0.1) is 11.3 Å². The normalized spacial score (nSPS) is 17.0. The van der Waals surface area contributed by atoms with Crippen molar-refractivity contribution in [3.63, 3.8) is 0 Å². The molecular formula is C14H17BrN2S2. The van der Waals surface area contributed by atoms with Crippen molar-refractivity contribution in [2.24, 2.45) is 5.73 Å². The van der Waals surface area contributed by atoms with Gasteiger partial charge in [-0.05, 0) is 57.2 Å². The Balaban J connectivity index is 1.81. The molecule has 2 heterocycles. The highest BCUT2D eigenvalue weighted by atomic mass is 79.9. The lowest BCUT2D eigenvalue weighted by Gasteiger charge is -2.30. The molecule has 0 amide bonds. The number of nitrogens with two attached hydrogens (primary N) is 1. The van der Waals surface area contributed by atoms with Crippen LogP contribution in [0.25, 0.3) is 0 Å². The fraction of sp³-hybridized carbons (Fsp3) is 0.429. The summed E-state index contributed by atoms with van der Waals surface area (Å²) in [6.45, 7) is 1.71. The topological polar surface area (TPSA) is 29.3 Å². The number of nitrogens with zero attached hydrogens (tertiary/aromatic N) is 1. The molecule has 0 radical (unpaired) electrons. The third-order valence-electron chi connectivity index (χ3n) is 3.50. The van der Waals surface area contributed by atoms with Gasteiger partial charge in [0.05, 0.1) is 6.04 Å². The molecular weight excluding hydrogens is 340 g/mol. The molecule has 19 heavy (non-hydrogen) atoms. The van der Waals surface area contributed by atoms with Crippen LogP contribution in [0.1, 0.15) is 29.3 Å². The van der Waals surface area contributed by atoms with Crippen LogP contribution < -0.4 is 5.73 Å². The van der Waals surface area contributed by atoms with Gasteiger partial charge in [-0.2, -0.15) is 11.3 Å². The van der Waals surface area contributed by atoms with E-state index in [0.29, 0.717) is 18.6 Å². The highest BCUT2D eigenvalue weighted by Crippen LogP contribution is 2.38. The van der Waals surface area contributed by atoms with Crippen molar-refractivity contribution in [2.75, 3.05) is 6.54 Å². The van der Waals surface area contributed by atoms with Gasteiger partial charge < -0.3 is 5.73 Å². The van der Waals surface area contributed by atoms with Crippen LogP contribution in [0.4, 0.5) is 0 Å². The predicted molar refractivity (Wildman–Crippen MR) is 86.7 cm³/mol. The summed E-state index contributed by atoms with van der Waals surface area (Å²) in [4.78, 5) is 3.96. The molecule has 0 bridgehead atoms. The van der Waals surface area contributed by atoms with Gasteiger partial charge in [0.1, 0.15) is 0 Å². The predicted octanol–water partition coefficient (Wildman–Crippen LogP) is 4.24. The number of hydrogen-bond acceptors (Lipinski definition) is 4. The summed E-state index contributed by atoms with van der Waals surface area (Å²) in [6, 6.07) is 5.50. The van der Waals surface area contributed by atoms with E-state index in [0.717, 1.165) is 11.0 Å². The quantitative estimate of drug-likeness (QED) is 0.838. The molecule has 102 valence electrons. The van der Waals surface area contributed by atoms with E-state index in [1.165, 1.54) is 23.3 Å². The Labute approximate surface area is 130 Å². The zero-order chi connectivity index (χ0) is 13.2.